The minimum Gasteiger partial charge on any atom is -0.449 e. The van der Waals surface area contributed by atoms with E-state index in [1.165, 1.54) is 30.7 Å². The van der Waals surface area contributed by atoms with Crippen molar-refractivity contribution in [2.75, 3.05) is 5.32 Å². The molecule has 4 rings (SSSR count). The molecule has 0 bridgehead atoms. The maximum atomic E-state index is 12.4. The number of aromatic nitrogens is 2. The summed E-state index contributed by atoms with van der Waals surface area (Å²) in [6.07, 6.45) is 0.305. The Balaban J connectivity index is 1.39. The summed E-state index contributed by atoms with van der Waals surface area (Å²) in [5.41, 5.74) is 3.08. The third-order valence-electron chi connectivity index (χ3n) is 4.09. The first kappa shape index (κ1) is 19.3. The maximum Gasteiger partial charge on any atom is 0.339 e. The minimum atomic E-state index is -0.993. The van der Waals surface area contributed by atoms with Crippen LogP contribution in [0.2, 0.25) is 0 Å². The summed E-state index contributed by atoms with van der Waals surface area (Å²) in [4.78, 5) is 33.1. The van der Waals surface area contributed by atoms with Crippen LogP contribution in [0.3, 0.4) is 0 Å². The summed E-state index contributed by atoms with van der Waals surface area (Å²) in [5, 5.41) is 4.96. The number of amides is 1. The van der Waals surface area contributed by atoms with Gasteiger partial charge in [0.05, 0.1) is 11.3 Å². The van der Waals surface area contributed by atoms with Gasteiger partial charge in [-0.3, -0.25) is 10.1 Å². The third-order valence-corrected chi connectivity index (χ3v) is 5.38. The fourth-order valence-electron chi connectivity index (χ4n) is 2.56. The first-order valence-corrected chi connectivity index (χ1v) is 10.2. The normalized spacial score (nSPS) is 11.9. The number of rotatable bonds is 5. The number of esters is 1. The molecular weight excluding hydrogens is 458 g/mol. The van der Waals surface area contributed by atoms with Gasteiger partial charge in [-0.15, -0.1) is 11.3 Å². The van der Waals surface area contributed by atoms with Gasteiger partial charge in [-0.2, -0.15) is 0 Å². The number of nitrogens with zero attached hydrogens (tertiary/aromatic N) is 2. The van der Waals surface area contributed by atoms with E-state index < -0.39 is 18.0 Å². The van der Waals surface area contributed by atoms with E-state index in [0.717, 1.165) is 15.7 Å². The first-order valence-electron chi connectivity index (χ1n) is 8.56. The van der Waals surface area contributed by atoms with E-state index in [-0.39, 0.29) is 5.56 Å². The van der Waals surface area contributed by atoms with Crippen LogP contribution in [0, 0.1) is 0 Å². The minimum absolute atomic E-state index is 0.278. The molecule has 146 valence electrons. The molecule has 7 nitrogen and oxygen atoms in total. The number of halogens is 1. The first-order chi connectivity index (χ1) is 14.0. The van der Waals surface area contributed by atoms with Gasteiger partial charge in [-0.1, -0.05) is 28.1 Å². The molecule has 1 atom stereocenters. The van der Waals surface area contributed by atoms with Gasteiger partial charge in [0.15, 0.2) is 23.2 Å². The summed E-state index contributed by atoms with van der Waals surface area (Å²) in [7, 11) is 0. The van der Waals surface area contributed by atoms with E-state index in [9.17, 15) is 9.59 Å². The zero-order valence-corrected chi connectivity index (χ0v) is 17.5. The van der Waals surface area contributed by atoms with Crippen molar-refractivity contribution in [2.45, 2.75) is 13.0 Å². The molecule has 4 aromatic rings. The number of anilines is 1. The van der Waals surface area contributed by atoms with E-state index in [2.05, 4.69) is 31.2 Å². The summed E-state index contributed by atoms with van der Waals surface area (Å²) in [6.45, 7) is 1.50. The molecule has 1 N–H and O–H groups in total. The highest BCUT2D eigenvalue weighted by molar-refractivity contribution is 9.10. The number of benzene rings is 2. The molecule has 1 unspecified atom stereocenters. The highest BCUT2D eigenvalue weighted by Gasteiger charge is 2.21. The smallest absolute Gasteiger partial charge is 0.339 e. The lowest BCUT2D eigenvalue weighted by Gasteiger charge is -2.12. The summed E-state index contributed by atoms with van der Waals surface area (Å²) < 4.78 is 11.4. The molecule has 0 aliphatic rings. The molecular formula is C20H14BrN3O4S. The van der Waals surface area contributed by atoms with Crippen molar-refractivity contribution in [1.82, 2.24) is 9.97 Å². The van der Waals surface area contributed by atoms with E-state index in [1.54, 1.807) is 12.1 Å². The largest absolute Gasteiger partial charge is 0.449 e. The van der Waals surface area contributed by atoms with Crippen LogP contribution in [0.1, 0.15) is 17.3 Å². The Morgan fingerprint density at radius 3 is 2.79 bits per heavy atom. The van der Waals surface area contributed by atoms with Gasteiger partial charge in [0, 0.05) is 15.4 Å². The molecule has 29 heavy (non-hydrogen) atoms. The van der Waals surface area contributed by atoms with Gasteiger partial charge in [0.25, 0.3) is 5.91 Å². The lowest BCUT2D eigenvalue weighted by Crippen LogP contribution is -2.29. The van der Waals surface area contributed by atoms with E-state index >= 15 is 0 Å². The predicted octanol–water partition coefficient (Wildman–Crippen LogP) is 4.90. The number of ether oxygens (including phenoxy) is 1. The average molecular weight is 472 g/mol. The van der Waals surface area contributed by atoms with E-state index in [0.29, 0.717) is 16.2 Å². The second-order valence-electron chi connectivity index (χ2n) is 6.12. The Bertz CT molecular complexity index is 1190. The highest BCUT2D eigenvalue weighted by atomic mass is 79.9. The lowest BCUT2D eigenvalue weighted by molar-refractivity contribution is -0.123. The number of hydrogen-bond donors (Lipinski definition) is 1. The van der Waals surface area contributed by atoms with Crippen molar-refractivity contribution in [3.63, 3.8) is 0 Å². The van der Waals surface area contributed by atoms with Crippen LogP contribution in [-0.4, -0.2) is 27.9 Å². The van der Waals surface area contributed by atoms with Crippen molar-refractivity contribution in [3.05, 3.63) is 64.3 Å². The molecule has 0 fully saturated rings. The number of hydrogen-bond acceptors (Lipinski definition) is 7. The fourth-order valence-corrected chi connectivity index (χ4v) is 3.54. The maximum absolute atomic E-state index is 12.4. The van der Waals surface area contributed by atoms with Gasteiger partial charge < -0.3 is 9.15 Å². The molecule has 0 aliphatic carbocycles. The van der Waals surface area contributed by atoms with E-state index in [4.69, 9.17) is 9.15 Å². The lowest BCUT2D eigenvalue weighted by atomic mass is 10.2. The predicted molar refractivity (Wildman–Crippen MR) is 113 cm³/mol. The van der Waals surface area contributed by atoms with E-state index in [1.807, 2.05) is 29.6 Å². The Kier molecular flexibility index (Phi) is 5.41. The molecule has 0 spiro atoms. The number of fused-ring (bicyclic) bond motifs is 1. The number of carbonyl (C=O) groups is 2. The Labute approximate surface area is 177 Å². The van der Waals surface area contributed by atoms with Gasteiger partial charge >= 0.3 is 5.97 Å². The monoisotopic (exact) mass is 471 g/mol. The molecule has 2 heterocycles. The van der Waals surface area contributed by atoms with Gasteiger partial charge in [0.1, 0.15) is 5.52 Å². The van der Waals surface area contributed by atoms with Crippen molar-refractivity contribution >= 4 is 55.4 Å². The average Bonchev–Trinajstić information content (AvgIpc) is 3.37. The van der Waals surface area contributed by atoms with Crippen LogP contribution >= 0.6 is 27.3 Å². The van der Waals surface area contributed by atoms with Crippen LogP contribution in [0.15, 0.2) is 63.1 Å². The molecule has 1 amide bonds. The second kappa shape index (κ2) is 8.14. The van der Waals surface area contributed by atoms with Crippen molar-refractivity contribution in [3.8, 4) is 11.3 Å². The molecule has 0 saturated heterocycles. The van der Waals surface area contributed by atoms with Crippen LogP contribution in [0.4, 0.5) is 5.13 Å². The Hall–Kier alpha value is -3.04. The van der Waals surface area contributed by atoms with Crippen LogP contribution in [0.5, 0.6) is 0 Å². The standard InChI is InChI=1S/C20H14BrN3O4S/c1-11(28-19(26)13-4-7-15-17(8-13)27-10-22-15)18(25)24-20-23-16(9-29-20)12-2-5-14(21)6-3-12/h2-11H,1H3,(H,23,24,25). The number of nitrogens with one attached hydrogen (secondary N) is 1. The zero-order chi connectivity index (χ0) is 20.4. The van der Waals surface area contributed by atoms with Gasteiger partial charge in [-0.05, 0) is 37.3 Å². The molecule has 2 aromatic carbocycles. The van der Waals surface area contributed by atoms with Gasteiger partial charge in [-0.25, -0.2) is 14.8 Å². The summed E-state index contributed by atoms with van der Waals surface area (Å²) in [6, 6.07) is 12.5. The SMILES string of the molecule is CC(OC(=O)c1ccc2ncoc2c1)C(=O)Nc1nc(-c2ccc(Br)cc2)cs1. The Morgan fingerprint density at radius 2 is 2.00 bits per heavy atom. The molecule has 0 radical (unpaired) electrons. The molecule has 9 heteroatoms. The number of thiazole rings is 1. The van der Waals surface area contributed by atoms with Crippen LogP contribution < -0.4 is 5.32 Å². The Morgan fingerprint density at radius 1 is 1.21 bits per heavy atom. The van der Waals surface area contributed by atoms with Crippen molar-refractivity contribution in [1.29, 1.82) is 0 Å². The summed E-state index contributed by atoms with van der Waals surface area (Å²) in [5.74, 6) is -1.09. The molecule has 0 aliphatic heterocycles. The highest BCUT2D eigenvalue weighted by Crippen LogP contribution is 2.26. The number of carbonyl (C=O) groups excluding carboxylic acids is 2. The fraction of sp³-hybridized carbons (Fsp3) is 0.100. The molecule has 0 saturated carbocycles. The quantitative estimate of drug-likeness (QED) is 0.416. The molecule has 2 aromatic heterocycles. The second-order valence-corrected chi connectivity index (χ2v) is 7.89. The number of oxazole rings is 1. The topological polar surface area (TPSA) is 94.3 Å². The van der Waals surface area contributed by atoms with Crippen molar-refractivity contribution in [2.24, 2.45) is 0 Å². The summed E-state index contributed by atoms with van der Waals surface area (Å²) >= 11 is 4.69. The van der Waals surface area contributed by atoms with Crippen LogP contribution in [-0.2, 0) is 9.53 Å². The zero-order valence-electron chi connectivity index (χ0n) is 15.1. The van der Waals surface area contributed by atoms with Crippen molar-refractivity contribution < 1.29 is 18.7 Å². The van der Waals surface area contributed by atoms with Crippen LogP contribution in [0.25, 0.3) is 22.4 Å². The van der Waals surface area contributed by atoms with Gasteiger partial charge in [0.2, 0.25) is 0 Å². The third kappa shape index (κ3) is 4.36.